The standard InChI is InChI=1S/C9H15NO4/c1-2-3-4-8(12)10-7(5-6-11)9(13)14/h2,7,11H,1,3-6H2,(H,10,12)(H,13,14). The van der Waals surface area contributed by atoms with E-state index in [2.05, 4.69) is 11.9 Å². The fourth-order valence-corrected chi connectivity index (χ4v) is 0.886. The summed E-state index contributed by atoms with van der Waals surface area (Å²) in [5.41, 5.74) is 0. The predicted molar refractivity (Wildman–Crippen MR) is 50.7 cm³/mol. The van der Waals surface area contributed by atoms with E-state index < -0.39 is 12.0 Å². The number of carbonyl (C=O) groups excluding carboxylic acids is 1. The van der Waals surface area contributed by atoms with Crippen LogP contribution in [-0.4, -0.2) is 34.7 Å². The van der Waals surface area contributed by atoms with Crippen molar-refractivity contribution in [1.29, 1.82) is 0 Å². The molecule has 0 fully saturated rings. The maximum absolute atomic E-state index is 11.1. The SMILES string of the molecule is C=CCCC(=O)NC(CCO)C(=O)O. The molecule has 0 aliphatic heterocycles. The number of carboxylic acid groups (broad SMARTS) is 1. The van der Waals surface area contributed by atoms with Gasteiger partial charge in [-0.3, -0.25) is 4.79 Å². The molecular formula is C9H15NO4. The zero-order valence-corrected chi connectivity index (χ0v) is 7.90. The van der Waals surface area contributed by atoms with Gasteiger partial charge in [-0.15, -0.1) is 6.58 Å². The highest BCUT2D eigenvalue weighted by Gasteiger charge is 2.18. The van der Waals surface area contributed by atoms with Crippen molar-refractivity contribution >= 4 is 11.9 Å². The molecule has 0 aromatic rings. The van der Waals surface area contributed by atoms with Crippen LogP contribution in [0.5, 0.6) is 0 Å². The van der Waals surface area contributed by atoms with E-state index in [1.165, 1.54) is 0 Å². The summed E-state index contributed by atoms with van der Waals surface area (Å²) < 4.78 is 0. The van der Waals surface area contributed by atoms with Crippen LogP contribution in [0.4, 0.5) is 0 Å². The highest BCUT2D eigenvalue weighted by molar-refractivity contribution is 5.83. The first kappa shape index (κ1) is 12.6. The maximum atomic E-state index is 11.1. The Balaban J connectivity index is 3.95. The van der Waals surface area contributed by atoms with Gasteiger partial charge in [-0.1, -0.05) is 6.08 Å². The third-order valence-corrected chi connectivity index (χ3v) is 1.63. The van der Waals surface area contributed by atoms with Crippen molar-refractivity contribution in [1.82, 2.24) is 5.32 Å². The minimum atomic E-state index is -1.13. The quantitative estimate of drug-likeness (QED) is 0.502. The van der Waals surface area contributed by atoms with Gasteiger partial charge in [0.15, 0.2) is 0 Å². The monoisotopic (exact) mass is 201 g/mol. The van der Waals surface area contributed by atoms with Crippen LogP contribution in [0.3, 0.4) is 0 Å². The lowest BCUT2D eigenvalue weighted by Gasteiger charge is -2.12. The lowest BCUT2D eigenvalue weighted by molar-refractivity contribution is -0.142. The average molecular weight is 201 g/mol. The van der Waals surface area contributed by atoms with Crippen LogP contribution in [0, 0.1) is 0 Å². The number of hydrogen-bond donors (Lipinski definition) is 3. The molecule has 5 heteroatoms. The first-order valence-corrected chi connectivity index (χ1v) is 4.35. The third-order valence-electron chi connectivity index (χ3n) is 1.63. The summed E-state index contributed by atoms with van der Waals surface area (Å²) in [5.74, 6) is -1.48. The summed E-state index contributed by atoms with van der Waals surface area (Å²) in [6.45, 7) is 3.18. The number of aliphatic hydroxyl groups excluding tert-OH is 1. The van der Waals surface area contributed by atoms with Crippen molar-refractivity contribution < 1.29 is 19.8 Å². The van der Waals surface area contributed by atoms with Crippen LogP contribution in [0.2, 0.25) is 0 Å². The molecule has 14 heavy (non-hydrogen) atoms. The number of carboxylic acids is 1. The van der Waals surface area contributed by atoms with Crippen LogP contribution in [0.25, 0.3) is 0 Å². The molecule has 0 aromatic heterocycles. The van der Waals surface area contributed by atoms with Crippen molar-refractivity contribution in [3.05, 3.63) is 12.7 Å². The Labute approximate surface area is 82.4 Å². The molecule has 1 atom stereocenters. The van der Waals surface area contributed by atoms with Gasteiger partial charge in [0, 0.05) is 19.4 Å². The van der Waals surface area contributed by atoms with Gasteiger partial charge in [0.25, 0.3) is 0 Å². The molecule has 0 aromatic carbocycles. The molecule has 0 radical (unpaired) electrons. The van der Waals surface area contributed by atoms with Gasteiger partial charge in [0.1, 0.15) is 6.04 Å². The normalized spacial score (nSPS) is 11.8. The topological polar surface area (TPSA) is 86.6 Å². The second-order valence-corrected chi connectivity index (χ2v) is 2.80. The average Bonchev–Trinajstić information content (AvgIpc) is 2.14. The summed E-state index contributed by atoms with van der Waals surface area (Å²) in [7, 11) is 0. The zero-order chi connectivity index (χ0) is 11.0. The van der Waals surface area contributed by atoms with Crippen LogP contribution in [0.15, 0.2) is 12.7 Å². The summed E-state index contributed by atoms with van der Waals surface area (Å²) >= 11 is 0. The first-order valence-electron chi connectivity index (χ1n) is 4.35. The Morgan fingerprint density at radius 2 is 2.14 bits per heavy atom. The lowest BCUT2D eigenvalue weighted by Crippen LogP contribution is -2.41. The van der Waals surface area contributed by atoms with E-state index in [4.69, 9.17) is 10.2 Å². The zero-order valence-electron chi connectivity index (χ0n) is 7.90. The minimum Gasteiger partial charge on any atom is -0.480 e. The number of allylic oxidation sites excluding steroid dienone is 1. The molecule has 0 spiro atoms. The molecule has 0 rings (SSSR count). The fraction of sp³-hybridized carbons (Fsp3) is 0.556. The van der Waals surface area contributed by atoms with Crippen LogP contribution in [0.1, 0.15) is 19.3 Å². The van der Waals surface area contributed by atoms with Crippen molar-refractivity contribution in [3.8, 4) is 0 Å². The lowest BCUT2D eigenvalue weighted by atomic mass is 10.2. The Morgan fingerprint density at radius 1 is 1.50 bits per heavy atom. The van der Waals surface area contributed by atoms with E-state index in [0.717, 1.165) is 0 Å². The van der Waals surface area contributed by atoms with Gasteiger partial charge in [-0.2, -0.15) is 0 Å². The van der Waals surface area contributed by atoms with Crippen molar-refractivity contribution in [3.63, 3.8) is 0 Å². The van der Waals surface area contributed by atoms with Crippen molar-refractivity contribution in [2.24, 2.45) is 0 Å². The van der Waals surface area contributed by atoms with E-state index in [1.54, 1.807) is 6.08 Å². The smallest absolute Gasteiger partial charge is 0.326 e. The molecule has 0 saturated heterocycles. The number of hydrogen-bond acceptors (Lipinski definition) is 3. The molecule has 0 heterocycles. The van der Waals surface area contributed by atoms with E-state index in [-0.39, 0.29) is 25.4 Å². The molecule has 0 bridgehead atoms. The molecule has 5 nitrogen and oxygen atoms in total. The van der Waals surface area contributed by atoms with E-state index in [9.17, 15) is 9.59 Å². The second kappa shape index (κ2) is 7.08. The molecule has 0 aliphatic rings. The van der Waals surface area contributed by atoms with Crippen molar-refractivity contribution in [2.75, 3.05) is 6.61 Å². The van der Waals surface area contributed by atoms with Crippen molar-refractivity contribution in [2.45, 2.75) is 25.3 Å². The molecule has 1 unspecified atom stereocenters. The summed E-state index contributed by atoms with van der Waals surface area (Å²) in [6, 6.07) is -1.00. The van der Waals surface area contributed by atoms with Gasteiger partial charge >= 0.3 is 5.97 Å². The number of rotatable bonds is 7. The molecule has 80 valence electrons. The number of nitrogens with one attached hydrogen (secondary N) is 1. The Bertz CT molecular complexity index is 215. The van der Waals surface area contributed by atoms with Gasteiger partial charge in [0.05, 0.1) is 0 Å². The van der Waals surface area contributed by atoms with E-state index in [0.29, 0.717) is 6.42 Å². The number of amides is 1. The molecule has 0 saturated carbocycles. The number of carbonyl (C=O) groups is 2. The summed E-state index contributed by atoms with van der Waals surface area (Å²) in [5, 5.41) is 19.5. The summed E-state index contributed by atoms with van der Waals surface area (Å²) in [4.78, 5) is 21.6. The Hall–Kier alpha value is -1.36. The fourth-order valence-electron chi connectivity index (χ4n) is 0.886. The van der Waals surface area contributed by atoms with Crippen LogP contribution >= 0.6 is 0 Å². The van der Waals surface area contributed by atoms with Gasteiger partial charge < -0.3 is 15.5 Å². The third kappa shape index (κ3) is 5.31. The highest BCUT2D eigenvalue weighted by atomic mass is 16.4. The van der Waals surface area contributed by atoms with Gasteiger partial charge in [0.2, 0.25) is 5.91 Å². The maximum Gasteiger partial charge on any atom is 0.326 e. The first-order chi connectivity index (χ1) is 6.61. The molecule has 1 amide bonds. The summed E-state index contributed by atoms with van der Waals surface area (Å²) in [6.07, 6.45) is 2.34. The Morgan fingerprint density at radius 3 is 2.57 bits per heavy atom. The van der Waals surface area contributed by atoms with Crippen LogP contribution < -0.4 is 5.32 Å². The van der Waals surface area contributed by atoms with E-state index in [1.807, 2.05) is 0 Å². The second-order valence-electron chi connectivity index (χ2n) is 2.80. The molecular weight excluding hydrogens is 186 g/mol. The molecule has 0 aliphatic carbocycles. The number of aliphatic carboxylic acids is 1. The Kier molecular flexibility index (Phi) is 6.39. The van der Waals surface area contributed by atoms with Gasteiger partial charge in [-0.25, -0.2) is 4.79 Å². The molecule has 3 N–H and O–H groups in total. The van der Waals surface area contributed by atoms with E-state index >= 15 is 0 Å². The minimum absolute atomic E-state index is 0.0230. The number of aliphatic hydroxyl groups is 1. The van der Waals surface area contributed by atoms with Gasteiger partial charge in [-0.05, 0) is 6.42 Å². The largest absolute Gasteiger partial charge is 0.480 e. The highest BCUT2D eigenvalue weighted by Crippen LogP contribution is 1.95. The van der Waals surface area contributed by atoms with Crippen LogP contribution in [-0.2, 0) is 9.59 Å². The predicted octanol–water partition coefficient (Wildman–Crippen LogP) is -0.0956.